The molecule has 150 valence electrons. The summed E-state index contributed by atoms with van der Waals surface area (Å²) in [6, 6.07) is 0.242. The number of halogens is 1. The normalized spacial score (nSPS) is 17.0. The fourth-order valence-corrected chi connectivity index (χ4v) is 4.47. The molecule has 1 aromatic heterocycles. The highest BCUT2D eigenvalue weighted by molar-refractivity contribution is 14.0. The zero-order valence-corrected chi connectivity index (χ0v) is 19.0. The molecule has 1 aromatic rings. The van der Waals surface area contributed by atoms with Crippen LogP contribution >= 0.6 is 24.0 Å². The van der Waals surface area contributed by atoms with Gasteiger partial charge in [0.1, 0.15) is 0 Å². The maximum absolute atomic E-state index is 12.1. The van der Waals surface area contributed by atoms with Crippen LogP contribution in [0.1, 0.15) is 31.7 Å². The summed E-state index contributed by atoms with van der Waals surface area (Å²) in [4.78, 5) is 4.25. The lowest BCUT2D eigenvalue weighted by Crippen LogP contribution is -2.50. The molecular weight excluding hydrogens is 467 g/mol. The predicted molar refractivity (Wildman–Crippen MR) is 116 cm³/mol. The molecule has 0 aromatic carbocycles. The summed E-state index contributed by atoms with van der Waals surface area (Å²) in [5, 5.41) is 10.9. The van der Waals surface area contributed by atoms with E-state index in [9.17, 15) is 8.42 Å². The van der Waals surface area contributed by atoms with Gasteiger partial charge < -0.3 is 10.6 Å². The van der Waals surface area contributed by atoms with Gasteiger partial charge in [-0.2, -0.15) is 5.10 Å². The molecule has 0 aliphatic carbocycles. The second-order valence-corrected chi connectivity index (χ2v) is 8.50. The van der Waals surface area contributed by atoms with E-state index >= 15 is 0 Å². The van der Waals surface area contributed by atoms with Gasteiger partial charge in [0.15, 0.2) is 5.96 Å². The van der Waals surface area contributed by atoms with Crippen molar-refractivity contribution in [2.75, 3.05) is 32.4 Å². The molecule has 0 unspecified atom stereocenters. The summed E-state index contributed by atoms with van der Waals surface area (Å²) < 4.78 is 27.7. The van der Waals surface area contributed by atoms with Crippen molar-refractivity contribution in [3.05, 3.63) is 18.0 Å². The molecule has 1 aliphatic heterocycles. The van der Waals surface area contributed by atoms with Gasteiger partial charge in [0.2, 0.25) is 10.0 Å². The number of nitrogens with zero attached hydrogens (tertiary/aromatic N) is 4. The van der Waals surface area contributed by atoms with Gasteiger partial charge in [-0.25, -0.2) is 12.7 Å². The average Bonchev–Trinajstić information content (AvgIpc) is 2.99. The Hall–Kier alpha value is -0.880. The topological polar surface area (TPSA) is 91.6 Å². The van der Waals surface area contributed by atoms with E-state index in [1.807, 2.05) is 30.9 Å². The third kappa shape index (κ3) is 7.03. The van der Waals surface area contributed by atoms with Crippen LogP contribution in [0, 0.1) is 6.92 Å². The number of hydrogen-bond acceptors (Lipinski definition) is 4. The van der Waals surface area contributed by atoms with Crippen LogP contribution in [0.15, 0.2) is 17.4 Å². The quantitative estimate of drug-likeness (QED) is 0.335. The molecule has 1 fully saturated rings. The van der Waals surface area contributed by atoms with E-state index in [4.69, 9.17) is 0 Å². The molecule has 8 nitrogen and oxygen atoms in total. The first kappa shape index (κ1) is 23.2. The molecule has 1 saturated heterocycles. The number of guanidine groups is 1. The zero-order valence-electron chi connectivity index (χ0n) is 15.8. The molecule has 0 atom stereocenters. The molecule has 0 spiro atoms. The minimum Gasteiger partial charge on any atom is -0.355 e. The fourth-order valence-electron chi connectivity index (χ4n) is 2.93. The van der Waals surface area contributed by atoms with Crippen molar-refractivity contribution in [2.45, 2.75) is 45.7 Å². The van der Waals surface area contributed by atoms with E-state index < -0.39 is 10.0 Å². The summed E-state index contributed by atoms with van der Waals surface area (Å²) in [6.45, 7) is 6.55. The number of aromatic nitrogens is 2. The highest BCUT2D eigenvalue weighted by atomic mass is 127. The summed E-state index contributed by atoms with van der Waals surface area (Å²) >= 11 is 0. The Bertz CT molecular complexity index is 668. The van der Waals surface area contributed by atoms with E-state index in [1.54, 1.807) is 11.4 Å². The van der Waals surface area contributed by atoms with Gasteiger partial charge in [-0.3, -0.25) is 9.67 Å². The number of aryl methyl sites for hydroxylation is 1. The molecule has 0 bridgehead atoms. The Morgan fingerprint density at radius 3 is 2.62 bits per heavy atom. The van der Waals surface area contributed by atoms with Gasteiger partial charge >= 0.3 is 0 Å². The third-order valence-electron chi connectivity index (χ3n) is 4.27. The first-order valence-corrected chi connectivity index (χ1v) is 10.5. The van der Waals surface area contributed by atoms with Gasteiger partial charge in [-0.15, -0.1) is 24.0 Å². The first-order valence-electron chi connectivity index (χ1n) is 8.88. The van der Waals surface area contributed by atoms with E-state index in [0.29, 0.717) is 19.5 Å². The Kier molecular flexibility index (Phi) is 9.86. The molecule has 0 saturated carbocycles. The number of sulfonamides is 1. The lowest BCUT2D eigenvalue weighted by molar-refractivity contribution is 0.306. The maximum Gasteiger partial charge on any atom is 0.214 e. The maximum atomic E-state index is 12.1. The van der Waals surface area contributed by atoms with Crippen molar-refractivity contribution >= 4 is 40.0 Å². The van der Waals surface area contributed by atoms with Gasteiger partial charge in [0.05, 0.1) is 18.5 Å². The lowest BCUT2D eigenvalue weighted by Gasteiger charge is -2.32. The van der Waals surface area contributed by atoms with Crippen molar-refractivity contribution in [1.29, 1.82) is 0 Å². The van der Waals surface area contributed by atoms with E-state index in [1.165, 1.54) is 0 Å². The van der Waals surface area contributed by atoms with Gasteiger partial charge in [0, 0.05) is 38.9 Å². The first-order chi connectivity index (χ1) is 11.9. The molecule has 1 aliphatic rings. The molecule has 2 N–H and O–H groups in total. The Morgan fingerprint density at radius 2 is 2.08 bits per heavy atom. The molecule has 2 heterocycles. The van der Waals surface area contributed by atoms with Crippen LogP contribution in [0.5, 0.6) is 0 Å². The van der Waals surface area contributed by atoms with Crippen LogP contribution in [0.3, 0.4) is 0 Å². The molecule has 10 heteroatoms. The van der Waals surface area contributed by atoms with Crippen molar-refractivity contribution in [2.24, 2.45) is 4.99 Å². The minimum absolute atomic E-state index is 0. The van der Waals surface area contributed by atoms with Crippen molar-refractivity contribution < 1.29 is 8.42 Å². The van der Waals surface area contributed by atoms with Gasteiger partial charge in [-0.1, -0.05) is 6.92 Å². The molecular formula is C16H31IN6O2S. The minimum atomic E-state index is -3.08. The summed E-state index contributed by atoms with van der Waals surface area (Å²) in [5.41, 5.74) is 1.15. The van der Waals surface area contributed by atoms with E-state index in [0.717, 1.165) is 37.5 Å². The Morgan fingerprint density at radius 1 is 1.38 bits per heavy atom. The van der Waals surface area contributed by atoms with Crippen LogP contribution in [-0.4, -0.2) is 66.9 Å². The molecule has 0 radical (unpaired) electrons. The van der Waals surface area contributed by atoms with Gasteiger partial charge in [-0.05, 0) is 31.7 Å². The zero-order chi connectivity index (χ0) is 18.3. The Balaban J connectivity index is 0.00000338. The second kappa shape index (κ2) is 11.1. The number of piperidine rings is 1. The van der Waals surface area contributed by atoms with Gasteiger partial charge in [0.25, 0.3) is 0 Å². The SMILES string of the molecule is CCCS(=O)(=O)N1CCC(NC(=NC)NCCn2cc(C)cn2)CC1.I. The van der Waals surface area contributed by atoms with Crippen LogP contribution in [0.4, 0.5) is 0 Å². The van der Waals surface area contributed by atoms with Crippen LogP contribution < -0.4 is 10.6 Å². The molecule has 0 amide bonds. The van der Waals surface area contributed by atoms with Crippen LogP contribution in [0.2, 0.25) is 0 Å². The summed E-state index contributed by atoms with van der Waals surface area (Å²) in [5.74, 6) is 0.986. The van der Waals surface area contributed by atoms with Crippen LogP contribution in [-0.2, 0) is 16.6 Å². The number of nitrogens with one attached hydrogen (secondary N) is 2. The average molecular weight is 498 g/mol. The number of aliphatic imine (C=N–C) groups is 1. The lowest BCUT2D eigenvalue weighted by atomic mass is 10.1. The monoisotopic (exact) mass is 498 g/mol. The molecule has 2 rings (SSSR count). The highest BCUT2D eigenvalue weighted by Gasteiger charge is 2.27. The fraction of sp³-hybridized carbons (Fsp3) is 0.750. The standard InChI is InChI=1S/C16H30N6O2S.HI/c1-4-11-25(23,24)22-8-5-15(6-9-22)20-16(17-3)18-7-10-21-13-14(2)12-19-21;/h12-13,15H,4-11H2,1-3H3,(H2,17,18,20);1H. The largest absolute Gasteiger partial charge is 0.355 e. The van der Waals surface area contributed by atoms with E-state index in [-0.39, 0.29) is 35.8 Å². The van der Waals surface area contributed by atoms with Crippen LogP contribution in [0.25, 0.3) is 0 Å². The molecule has 26 heavy (non-hydrogen) atoms. The van der Waals surface area contributed by atoms with Crippen molar-refractivity contribution in [3.63, 3.8) is 0 Å². The van der Waals surface area contributed by atoms with E-state index in [2.05, 4.69) is 20.7 Å². The second-order valence-electron chi connectivity index (χ2n) is 6.41. The smallest absolute Gasteiger partial charge is 0.214 e. The highest BCUT2D eigenvalue weighted by Crippen LogP contribution is 2.15. The summed E-state index contributed by atoms with van der Waals surface area (Å²) in [7, 11) is -1.34. The number of rotatable bonds is 7. The summed E-state index contributed by atoms with van der Waals surface area (Å²) in [6.07, 6.45) is 6.09. The number of hydrogen-bond donors (Lipinski definition) is 2. The third-order valence-corrected chi connectivity index (χ3v) is 6.35. The van der Waals surface area contributed by atoms with Crippen molar-refractivity contribution in [1.82, 2.24) is 24.7 Å². The predicted octanol–water partition coefficient (Wildman–Crippen LogP) is 1.18. The van der Waals surface area contributed by atoms with Crippen molar-refractivity contribution in [3.8, 4) is 0 Å². The Labute approximate surface area is 173 Å².